The molecule has 0 spiro atoms. The first kappa shape index (κ1) is 91.1. The minimum Gasteiger partial charge on any atom is -0.462 e. The van der Waals surface area contributed by atoms with Crippen molar-refractivity contribution >= 4 is 39.5 Å². The lowest BCUT2D eigenvalue weighted by molar-refractivity contribution is -0.161. The smallest absolute Gasteiger partial charge is 0.462 e. The van der Waals surface area contributed by atoms with Gasteiger partial charge in [0.15, 0.2) is 12.2 Å². The molecule has 0 bridgehead atoms. The number of hydrogen-bond acceptors (Lipinski definition) is 15. The van der Waals surface area contributed by atoms with Crippen LogP contribution in [0.3, 0.4) is 0 Å². The quantitative estimate of drug-likeness (QED) is 0.0222. The van der Waals surface area contributed by atoms with Gasteiger partial charge in [-0.15, -0.1) is 0 Å². The van der Waals surface area contributed by atoms with E-state index in [0.717, 1.165) is 102 Å². The summed E-state index contributed by atoms with van der Waals surface area (Å²) in [7, 11) is -9.91. The zero-order chi connectivity index (χ0) is 68.4. The number of carbonyl (C=O) groups excluding carboxylic acids is 4. The summed E-state index contributed by atoms with van der Waals surface area (Å²) in [4.78, 5) is 72.7. The van der Waals surface area contributed by atoms with Gasteiger partial charge < -0.3 is 33.8 Å². The van der Waals surface area contributed by atoms with Crippen molar-refractivity contribution < 1.29 is 80.2 Å². The zero-order valence-corrected chi connectivity index (χ0v) is 62.2. The summed E-state index contributed by atoms with van der Waals surface area (Å²) in [6.45, 7) is 7.24. The third-order valence-electron chi connectivity index (χ3n) is 17.6. The van der Waals surface area contributed by atoms with E-state index in [2.05, 4.69) is 34.6 Å². The van der Waals surface area contributed by atoms with Crippen molar-refractivity contribution in [1.82, 2.24) is 0 Å². The Balaban J connectivity index is 5.23. The lowest BCUT2D eigenvalue weighted by Gasteiger charge is -2.21. The van der Waals surface area contributed by atoms with E-state index in [4.69, 9.17) is 37.0 Å². The molecule has 0 aromatic carbocycles. The predicted octanol–water partition coefficient (Wildman–Crippen LogP) is 21.7. The van der Waals surface area contributed by atoms with Gasteiger partial charge in [-0.25, -0.2) is 9.13 Å². The monoisotopic (exact) mass is 1370 g/mol. The number of phosphoric ester groups is 2. The van der Waals surface area contributed by atoms with Gasteiger partial charge >= 0.3 is 39.5 Å². The number of rotatable bonds is 74. The average molecular weight is 1370 g/mol. The van der Waals surface area contributed by atoms with Gasteiger partial charge in [0.2, 0.25) is 0 Å². The highest BCUT2D eigenvalue weighted by Gasteiger charge is 2.30. The fourth-order valence-corrected chi connectivity index (χ4v) is 12.9. The molecule has 19 heteroatoms. The molecule has 3 N–H and O–H groups in total. The van der Waals surface area contributed by atoms with Crippen molar-refractivity contribution in [3.63, 3.8) is 0 Å². The molecular weight excluding hydrogens is 1220 g/mol. The summed E-state index contributed by atoms with van der Waals surface area (Å²) in [5.41, 5.74) is 0. The van der Waals surface area contributed by atoms with Gasteiger partial charge in [-0.3, -0.25) is 37.3 Å². The summed E-state index contributed by atoms with van der Waals surface area (Å²) in [6, 6.07) is 0. The third-order valence-corrected chi connectivity index (χ3v) is 19.5. The van der Waals surface area contributed by atoms with Crippen LogP contribution in [0.15, 0.2) is 0 Å². The van der Waals surface area contributed by atoms with Gasteiger partial charge in [-0.1, -0.05) is 336 Å². The molecule has 93 heavy (non-hydrogen) atoms. The fourth-order valence-electron chi connectivity index (χ4n) is 11.3. The Morgan fingerprint density at radius 2 is 0.516 bits per heavy atom. The molecule has 0 rings (SSSR count). The van der Waals surface area contributed by atoms with Crippen molar-refractivity contribution in [3.8, 4) is 0 Å². The SMILES string of the molecule is CCCCCCCCCCCCCCCCCCCCC(=O)O[C@H](COC(=O)CCCCCCCCCCCCCCC)COP(=O)(O)OC[C@@H](O)COP(=O)(O)OC[C@@H](COC(=O)CCCCCCCCC(C)CC)OC(=O)CCCCCCCCCCCCCC. The fraction of sp³-hybridized carbons (Fsp3) is 0.946. The molecule has 0 aliphatic carbocycles. The summed E-state index contributed by atoms with van der Waals surface area (Å²) in [6.07, 6.45) is 55.4. The molecule has 0 saturated carbocycles. The summed E-state index contributed by atoms with van der Waals surface area (Å²) >= 11 is 0. The van der Waals surface area contributed by atoms with Crippen LogP contribution in [0, 0.1) is 5.92 Å². The standard InChI is InChI=1S/C74H144O17P2/c1-6-10-13-16-19-22-25-28-29-30-31-32-34-37-40-43-50-55-60-74(79)90-69(63-84-71(76)57-52-47-41-38-36-33-26-23-20-17-14-11-7-2)65-88-92(80,81)86-61-68(75)62-87-93(82,83)89-66-70(64-85-72(77)58-53-48-45-44-46-51-56-67(5)9-4)91-73(78)59-54-49-42-39-35-27-24-21-18-15-12-8-3/h67-70,75H,6-66H2,1-5H3,(H,80,81)(H,82,83)/t67?,68-,69-,70-/m1/s1. The Labute approximate surface area is 568 Å². The minimum absolute atomic E-state index is 0.107. The van der Waals surface area contributed by atoms with Crippen molar-refractivity contribution in [3.05, 3.63) is 0 Å². The van der Waals surface area contributed by atoms with Crippen molar-refractivity contribution in [1.29, 1.82) is 0 Å². The van der Waals surface area contributed by atoms with Crippen LogP contribution < -0.4 is 0 Å². The van der Waals surface area contributed by atoms with Crippen molar-refractivity contribution in [2.45, 2.75) is 406 Å². The van der Waals surface area contributed by atoms with Gasteiger partial charge in [0, 0.05) is 25.7 Å². The van der Waals surface area contributed by atoms with Crippen molar-refractivity contribution in [2.75, 3.05) is 39.6 Å². The predicted molar refractivity (Wildman–Crippen MR) is 377 cm³/mol. The first-order chi connectivity index (χ1) is 45.1. The number of aliphatic hydroxyl groups is 1. The van der Waals surface area contributed by atoms with Gasteiger partial charge in [0.25, 0.3) is 0 Å². The molecule has 0 saturated heterocycles. The first-order valence-corrected chi connectivity index (χ1v) is 41.7. The lowest BCUT2D eigenvalue weighted by atomic mass is 10.00. The van der Waals surface area contributed by atoms with E-state index in [1.807, 2.05) is 0 Å². The van der Waals surface area contributed by atoms with Gasteiger partial charge in [-0.05, 0) is 31.6 Å². The molecule has 6 atom stereocenters. The molecule has 17 nitrogen and oxygen atoms in total. The molecule has 552 valence electrons. The number of carbonyl (C=O) groups is 4. The molecular formula is C74H144O17P2. The van der Waals surface area contributed by atoms with E-state index in [0.29, 0.717) is 25.7 Å². The van der Waals surface area contributed by atoms with E-state index in [9.17, 15) is 43.2 Å². The second-order valence-electron chi connectivity index (χ2n) is 26.9. The van der Waals surface area contributed by atoms with Crippen LogP contribution in [0.2, 0.25) is 0 Å². The molecule has 0 aromatic heterocycles. The van der Waals surface area contributed by atoms with E-state index in [1.165, 1.54) is 205 Å². The Bertz CT molecular complexity index is 1790. The molecule has 0 aliphatic heterocycles. The summed E-state index contributed by atoms with van der Waals surface area (Å²) in [5, 5.41) is 10.6. The molecule has 0 amide bonds. The Morgan fingerprint density at radius 1 is 0.301 bits per heavy atom. The lowest BCUT2D eigenvalue weighted by Crippen LogP contribution is -2.30. The highest BCUT2D eigenvalue weighted by atomic mass is 31.2. The number of phosphoric acid groups is 2. The largest absolute Gasteiger partial charge is 0.472 e. The van der Waals surface area contributed by atoms with E-state index >= 15 is 0 Å². The van der Waals surface area contributed by atoms with E-state index in [-0.39, 0.29) is 25.7 Å². The van der Waals surface area contributed by atoms with Crippen LogP contribution in [0.25, 0.3) is 0 Å². The third kappa shape index (κ3) is 67.0. The van der Waals surface area contributed by atoms with Crippen LogP contribution in [-0.2, 0) is 65.4 Å². The summed E-state index contributed by atoms with van der Waals surface area (Å²) in [5.74, 6) is -1.38. The normalized spacial score (nSPS) is 14.3. The van der Waals surface area contributed by atoms with Crippen LogP contribution in [-0.4, -0.2) is 96.7 Å². The van der Waals surface area contributed by atoms with Crippen molar-refractivity contribution in [2.24, 2.45) is 5.92 Å². The zero-order valence-electron chi connectivity index (χ0n) is 60.4. The second-order valence-corrected chi connectivity index (χ2v) is 29.8. The number of esters is 4. The minimum atomic E-state index is -4.95. The number of ether oxygens (including phenoxy) is 4. The van der Waals surface area contributed by atoms with Crippen LogP contribution in [0.4, 0.5) is 0 Å². The molecule has 0 heterocycles. The highest BCUT2D eigenvalue weighted by Crippen LogP contribution is 2.45. The molecule has 0 fully saturated rings. The maximum absolute atomic E-state index is 13.1. The number of aliphatic hydroxyl groups excluding tert-OH is 1. The van der Waals surface area contributed by atoms with E-state index < -0.39 is 97.5 Å². The number of hydrogen-bond donors (Lipinski definition) is 3. The molecule has 3 unspecified atom stereocenters. The first-order valence-electron chi connectivity index (χ1n) is 38.7. The summed E-state index contributed by atoms with van der Waals surface area (Å²) < 4.78 is 68.4. The molecule has 0 aromatic rings. The average Bonchev–Trinajstić information content (AvgIpc) is 3.04. The number of unbranched alkanes of at least 4 members (excludes halogenated alkanes) is 45. The maximum Gasteiger partial charge on any atom is 0.472 e. The highest BCUT2D eigenvalue weighted by molar-refractivity contribution is 7.47. The Kier molecular flexibility index (Phi) is 65.9. The topological polar surface area (TPSA) is 237 Å². The van der Waals surface area contributed by atoms with Gasteiger partial charge in [0.1, 0.15) is 19.3 Å². The second kappa shape index (κ2) is 67.3. The van der Waals surface area contributed by atoms with Crippen LogP contribution in [0.5, 0.6) is 0 Å². The Hall–Kier alpha value is -1.94. The van der Waals surface area contributed by atoms with Crippen LogP contribution in [0.1, 0.15) is 388 Å². The van der Waals surface area contributed by atoms with Gasteiger partial charge in [0.05, 0.1) is 26.4 Å². The molecule has 0 radical (unpaired) electrons. The van der Waals surface area contributed by atoms with E-state index in [1.54, 1.807) is 0 Å². The maximum atomic E-state index is 13.1. The van der Waals surface area contributed by atoms with Crippen LogP contribution >= 0.6 is 15.6 Å². The Morgan fingerprint density at radius 3 is 0.763 bits per heavy atom. The molecule has 0 aliphatic rings. The van der Waals surface area contributed by atoms with Gasteiger partial charge in [-0.2, -0.15) is 0 Å².